The second-order valence-corrected chi connectivity index (χ2v) is 2.91. The van der Waals surface area contributed by atoms with E-state index in [1.54, 1.807) is 12.1 Å². The Morgan fingerprint density at radius 1 is 1.33 bits per heavy atom. The van der Waals surface area contributed by atoms with Crippen LogP contribution in [-0.2, 0) is 0 Å². The lowest BCUT2D eigenvalue weighted by atomic mass is 10.1. The van der Waals surface area contributed by atoms with Gasteiger partial charge in [-0.05, 0) is 24.1 Å². The fourth-order valence-electron chi connectivity index (χ4n) is 0.921. The fraction of sp³-hybridized carbons (Fsp3) is 0.333. The minimum Gasteiger partial charge on any atom is -0.388 e. The van der Waals surface area contributed by atoms with Gasteiger partial charge in [-0.25, -0.2) is 0 Å². The Bertz CT molecular complexity index is 220. The van der Waals surface area contributed by atoms with Gasteiger partial charge in [-0.3, -0.25) is 0 Å². The highest BCUT2D eigenvalue weighted by Gasteiger charge is 2.02. The van der Waals surface area contributed by atoms with E-state index in [0.717, 1.165) is 12.0 Å². The molecule has 3 heteroatoms. The van der Waals surface area contributed by atoms with Crippen LogP contribution in [0.5, 0.6) is 0 Å². The Hall–Kier alpha value is -0.240. The molecule has 0 saturated carbocycles. The summed E-state index contributed by atoms with van der Waals surface area (Å²) in [6.07, 6.45) is 0.383. The molecule has 1 rings (SSSR count). The van der Waals surface area contributed by atoms with Crippen LogP contribution in [0.2, 0.25) is 5.02 Å². The van der Waals surface area contributed by atoms with Gasteiger partial charge >= 0.3 is 0 Å². The van der Waals surface area contributed by atoms with Crippen molar-refractivity contribution in [1.29, 1.82) is 0 Å². The molecule has 0 aliphatic rings. The maximum Gasteiger partial charge on any atom is 0.0787 e. The molecule has 0 heterocycles. The summed E-state index contributed by atoms with van der Waals surface area (Å²) in [7, 11) is 0. The van der Waals surface area contributed by atoms with Crippen molar-refractivity contribution in [2.75, 3.05) is 0 Å². The van der Waals surface area contributed by atoms with Crippen LogP contribution in [0.25, 0.3) is 0 Å². The van der Waals surface area contributed by atoms with Crippen molar-refractivity contribution in [3.05, 3.63) is 34.9 Å². The Kier molecular flexibility index (Phi) is 5.31. The van der Waals surface area contributed by atoms with Gasteiger partial charge in [0, 0.05) is 5.02 Å². The van der Waals surface area contributed by atoms with E-state index in [1.165, 1.54) is 0 Å². The molecule has 1 nitrogen and oxygen atoms in total. The first-order valence-electron chi connectivity index (χ1n) is 3.67. The second-order valence-electron chi connectivity index (χ2n) is 2.48. The minimum absolute atomic E-state index is 0. The number of rotatable bonds is 2. The van der Waals surface area contributed by atoms with E-state index in [2.05, 4.69) is 0 Å². The van der Waals surface area contributed by atoms with Gasteiger partial charge in [0.05, 0.1) is 6.10 Å². The summed E-state index contributed by atoms with van der Waals surface area (Å²) >= 11 is 5.68. The zero-order chi connectivity index (χ0) is 8.27. The molecule has 0 amide bonds. The van der Waals surface area contributed by atoms with Gasteiger partial charge in [-0.1, -0.05) is 30.7 Å². The molecule has 0 aromatic heterocycles. The van der Waals surface area contributed by atoms with Gasteiger partial charge in [0.1, 0.15) is 0 Å². The van der Waals surface area contributed by atoms with Gasteiger partial charge in [-0.2, -0.15) is 0 Å². The summed E-state index contributed by atoms with van der Waals surface area (Å²) < 4.78 is 0. The zero-order valence-electron chi connectivity index (χ0n) is 6.83. The third-order valence-corrected chi connectivity index (χ3v) is 1.89. The standard InChI is InChI=1S/C9H11ClO.ClH/c1-2-9(11)7-3-5-8(10)6-4-7;/h3-6,9,11H,2H2,1H3;1H. The molecule has 1 aromatic rings. The first-order valence-corrected chi connectivity index (χ1v) is 4.05. The summed E-state index contributed by atoms with van der Waals surface area (Å²) in [4.78, 5) is 0. The van der Waals surface area contributed by atoms with Gasteiger partial charge in [0.15, 0.2) is 0 Å². The number of halogens is 2. The van der Waals surface area contributed by atoms with Crippen molar-refractivity contribution in [2.24, 2.45) is 0 Å². The van der Waals surface area contributed by atoms with E-state index in [1.807, 2.05) is 19.1 Å². The van der Waals surface area contributed by atoms with Crippen LogP contribution < -0.4 is 0 Å². The predicted octanol–water partition coefficient (Wildman–Crippen LogP) is 3.21. The molecule has 12 heavy (non-hydrogen) atoms. The quantitative estimate of drug-likeness (QED) is 0.789. The first kappa shape index (κ1) is 11.8. The number of hydrogen-bond donors (Lipinski definition) is 1. The maximum absolute atomic E-state index is 9.38. The average Bonchev–Trinajstić information content (AvgIpc) is 2.05. The lowest BCUT2D eigenvalue weighted by Gasteiger charge is -2.06. The monoisotopic (exact) mass is 206 g/mol. The molecule has 1 atom stereocenters. The second kappa shape index (κ2) is 5.41. The molecule has 0 saturated heterocycles. The Labute approximate surface area is 83.8 Å². The van der Waals surface area contributed by atoms with E-state index >= 15 is 0 Å². The van der Waals surface area contributed by atoms with Crippen LogP contribution in [0.4, 0.5) is 0 Å². The lowest BCUT2D eigenvalue weighted by molar-refractivity contribution is 0.173. The summed E-state index contributed by atoms with van der Waals surface area (Å²) in [5.41, 5.74) is 0.928. The van der Waals surface area contributed by atoms with E-state index in [9.17, 15) is 5.11 Å². The van der Waals surface area contributed by atoms with Crippen LogP contribution in [0, 0.1) is 0 Å². The van der Waals surface area contributed by atoms with Crippen molar-refractivity contribution < 1.29 is 5.11 Å². The minimum atomic E-state index is -0.354. The molecule has 0 spiro atoms. The van der Waals surface area contributed by atoms with Gasteiger partial charge in [-0.15, -0.1) is 12.4 Å². The highest BCUT2D eigenvalue weighted by molar-refractivity contribution is 6.30. The highest BCUT2D eigenvalue weighted by Crippen LogP contribution is 2.18. The number of benzene rings is 1. The van der Waals surface area contributed by atoms with E-state index in [-0.39, 0.29) is 18.5 Å². The Morgan fingerprint density at radius 2 is 1.83 bits per heavy atom. The van der Waals surface area contributed by atoms with Crippen molar-refractivity contribution in [1.82, 2.24) is 0 Å². The van der Waals surface area contributed by atoms with E-state index in [4.69, 9.17) is 11.6 Å². The van der Waals surface area contributed by atoms with Gasteiger partial charge in [0.2, 0.25) is 0 Å². The highest BCUT2D eigenvalue weighted by atomic mass is 35.5. The molecule has 0 radical (unpaired) electrons. The van der Waals surface area contributed by atoms with Crippen LogP contribution >= 0.6 is 24.0 Å². The molecule has 1 unspecified atom stereocenters. The lowest BCUT2D eigenvalue weighted by Crippen LogP contribution is -1.93. The summed E-state index contributed by atoms with van der Waals surface area (Å²) in [6.45, 7) is 1.94. The molecule has 0 aliphatic carbocycles. The molecule has 0 fully saturated rings. The van der Waals surface area contributed by atoms with Crippen molar-refractivity contribution in [2.45, 2.75) is 19.4 Å². The first-order chi connectivity index (χ1) is 5.24. The number of hydrogen-bond acceptors (Lipinski definition) is 1. The summed E-state index contributed by atoms with van der Waals surface area (Å²) in [5, 5.41) is 10.1. The largest absolute Gasteiger partial charge is 0.388 e. The van der Waals surface area contributed by atoms with Crippen molar-refractivity contribution in [3.8, 4) is 0 Å². The number of aliphatic hydroxyl groups is 1. The Balaban J connectivity index is 0.00000121. The van der Waals surface area contributed by atoms with Crippen LogP contribution in [0.1, 0.15) is 25.0 Å². The third-order valence-electron chi connectivity index (χ3n) is 1.64. The third kappa shape index (κ3) is 3.02. The van der Waals surface area contributed by atoms with Gasteiger partial charge < -0.3 is 5.11 Å². The maximum atomic E-state index is 9.38. The van der Waals surface area contributed by atoms with E-state index in [0.29, 0.717) is 5.02 Å². The average molecular weight is 207 g/mol. The van der Waals surface area contributed by atoms with Crippen LogP contribution in [0.15, 0.2) is 24.3 Å². The van der Waals surface area contributed by atoms with E-state index < -0.39 is 0 Å². The summed E-state index contributed by atoms with van der Waals surface area (Å²) in [5.74, 6) is 0. The topological polar surface area (TPSA) is 20.2 Å². The number of aliphatic hydroxyl groups excluding tert-OH is 1. The normalized spacial score (nSPS) is 11.9. The smallest absolute Gasteiger partial charge is 0.0787 e. The molecular formula is C9H12Cl2O. The van der Waals surface area contributed by atoms with Crippen LogP contribution in [-0.4, -0.2) is 5.11 Å². The predicted molar refractivity (Wildman–Crippen MR) is 54.0 cm³/mol. The summed E-state index contributed by atoms with van der Waals surface area (Å²) in [6, 6.07) is 7.26. The fourth-order valence-corrected chi connectivity index (χ4v) is 1.05. The molecule has 1 N–H and O–H groups in total. The molecule has 68 valence electrons. The van der Waals surface area contributed by atoms with Crippen molar-refractivity contribution >= 4 is 24.0 Å². The van der Waals surface area contributed by atoms with Crippen molar-refractivity contribution in [3.63, 3.8) is 0 Å². The molecular weight excluding hydrogens is 195 g/mol. The van der Waals surface area contributed by atoms with Crippen LogP contribution in [0.3, 0.4) is 0 Å². The zero-order valence-corrected chi connectivity index (χ0v) is 8.40. The molecule has 1 aromatic carbocycles. The Morgan fingerprint density at radius 3 is 2.25 bits per heavy atom. The van der Waals surface area contributed by atoms with Gasteiger partial charge in [0.25, 0.3) is 0 Å². The SMILES string of the molecule is CCC(O)c1ccc(Cl)cc1.Cl. The molecule has 0 aliphatic heterocycles. The molecule has 0 bridgehead atoms.